The third-order valence-corrected chi connectivity index (χ3v) is 6.92. The van der Waals surface area contributed by atoms with E-state index in [-0.39, 0.29) is 38.6 Å². The van der Waals surface area contributed by atoms with Crippen molar-refractivity contribution in [1.29, 1.82) is 0 Å². The third kappa shape index (κ3) is 6.94. The predicted octanol–water partition coefficient (Wildman–Crippen LogP) is 1.87. The van der Waals surface area contributed by atoms with Gasteiger partial charge in [-0.2, -0.15) is 0 Å². The smallest absolute Gasteiger partial charge is 0.100 e. The minimum atomic E-state index is -0.768. The van der Waals surface area contributed by atoms with Crippen LogP contribution in [0.2, 0.25) is 0 Å². The van der Waals surface area contributed by atoms with Gasteiger partial charge >= 0.3 is 0 Å². The monoisotopic (exact) mass is 388 g/mol. The first-order valence-corrected chi connectivity index (χ1v) is 10.7. The van der Waals surface area contributed by atoms with Crippen LogP contribution in [-0.4, -0.2) is 71.3 Å². The molecule has 0 radical (unpaired) electrons. The molecule has 2 fully saturated rings. The SMILES string of the molecule is CC(C)(C1CCC(OCC(O)CO)CC1)C1CCC(OCC(O)CO)CC1. The summed E-state index contributed by atoms with van der Waals surface area (Å²) in [4.78, 5) is 0. The summed E-state index contributed by atoms with van der Waals surface area (Å²) in [5, 5.41) is 36.6. The standard InChI is InChI=1S/C21H40O6/c1-21(2,15-3-7-19(8-4-15)26-13-17(24)11-22)16-5-9-20(10-6-16)27-14-18(25)12-23/h15-20,22-25H,3-14H2,1-2H3. The van der Waals surface area contributed by atoms with E-state index in [1.54, 1.807) is 0 Å². The summed E-state index contributed by atoms with van der Waals surface area (Å²) < 4.78 is 11.5. The Morgan fingerprint density at radius 1 is 0.704 bits per heavy atom. The Balaban J connectivity index is 1.72. The van der Waals surface area contributed by atoms with E-state index in [0.29, 0.717) is 17.3 Å². The molecule has 0 saturated heterocycles. The normalized spacial score (nSPS) is 32.2. The molecule has 2 aliphatic carbocycles. The Morgan fingerprint density at radius 2 is 1.04 bits per heavy atom. The molecule has 2 saturated carbocycles. The Morgan fingerprint density at radius 3 is 1.33 bits per heavy atom. The maximum atomic E-state index is 9.43. The van der Waals surface area contributed by atoms with Crippen molar-refractivity contribution in [1.82, 2.24) is 0 Å². The van der Waals surface area contributed by atoms with Gasteiger partial charge in [-0.15, -0.1) is 0 Å². The van der Waals surface area contributed by atoms with Crippen molar-refractivity contribution >= 4 is 0 Å². The van der Waals surface area contributed by atoms with Crippen LogP contribution in [0, 0.1) is 17.3 Å². The molecule has 0 aromatic rings. The van der Waals surface area contributed by atoms with Crippen molar-refractivity contribution in [2.45, 2.75) is 89.6 Å². The number of rotatable bonds is 10. The molecular weight excluding hydrogens is 348 g/mol. The van der Waals surface area contributed by atoms with Gasteiger partial charge in [-0.3, -0.25) is 0 Å². The molecule has 160 valence electrons. The van der Waals surface area contributed by atoms with Crippen LogP contribution in [0.1, 0.15) is 65.2 Å². The van der Waals surface area contributed by atoms with Crippen molar-refractivity contribution in [3.8, 4) is 0 Å². The van der Waals surface area contributed by atoms with E-state index in [4.69, 9.17) is 19.7 Å². The van der Waals surface area contributed by atoms with Gasteiger partial charge in [-0.1, -0.05) is 13.8 Å². The quantitative estimate of drug-likeness (QED) is 0.456. The topological polar surface area (TPSA) is 99.4 Å². The Hall–Kier alpha value is -0.240. The maximum absolute atomic E-state index is 9.43. The lowest BCUT2D eigenvalue weighted by Gasteiger charge is -2.46. The predicted molar refractivity (Wildman–Crippen MR) is 103 cm³/mol. The molecule has 6 heteroatoms. The van der Waals surface area contributed by atoms with Gasteiger partial charge in [-0.05, 0) is 68.6 Å². The minimum Gasteiger partial charge on any atom is -0.394 e. The molecule has 27 heavy (non-hydrogen) atoms. The number of hydrogen-bond donors (Lipinski definition) is 4. The highest BCUT2D eigenvalue weighted by molar-refractivity contribution is 4.91. The summed E-state index contributed by atoms with van der Waals surface area (Å²) in [5.74, 6) is 1.39. The first-order chi connectivity index (χ1) is 12.9. The van der Waals surface area contributed by atoms with Crippen molar-refractivity contribution in [3.05, 3.63) is 0 Å². The summed E-state index contributed by atoms with van der Waals surface area (Å²) >= 11 is 0. The molecular formula is C21H40O6. The van der Waals surface area contributed by atoms with Crippen molar-refractivity contribution in [2.24, 2.45) is 17.3 Å². The molecule has 2 rings (SSSR count). The molecule has 2 unspecified atom stereocenters. The van der Waals surface area contributed by atoms with Gasteiger partial charge in [0.1, 0.15) is 12.2 Å². The van der Waals surface area contributed by atoms with Gasteiger partial charge < -0.3 is 29.9 Å². The molecule has 0 bridgehead atoms. The van der Waals surface area contributed by atoms with Crippen LogP contribution in [0.4, 0.5) is 0 Å². The van der Waals surface area contributed by atoms with E-state index in [1.165, 1.54) is 0 Å². The average molecular weight is 389 g/mol. The molecule has 0 spiro atoms. The maximum Gasteiger partial charge on any atom is 0.100 e. The van der Waals surface area contributed by atoms with Crippen molar-refractivity contribution < 1.29 is 29.9 Å². The van der Waals surface area contributed by atoms with Crippen LogP contribution in [0.5, 0.6) is 0 Å². The fraction of sp³-hybridized carbons (Fsp3) is 1.00. The van der Waals surface area contributed by atoms with Crippen molar-refractivity contribution in [3.63, 3.8) is 0 Å². The van der Waals surface area contributed by atoms with Crippen LogP contribution in [0.3, 0.4) is 0 Å². The van der Waals surface area contributed by atoms with E-state index in [1.807, 2.05) is 0 Å². The summed E-state index contributed by atoms with van der Waals surface area (Å²) in [7, 11) is 0. The molecule has 4 N–H and O–H groups in total. The summed E-state index contributed by atoms with van der Waals surface area (Å²) in [5.41, 5.74) is 0.297. The van der Waals surface area contributed by atoms with E-state index in [9.17, 15) is 10.2 Å². The Bertz CT molecular complexity index is 363. The van der Waals surface area contributed by atoms with Crippen LogP contribution >= 0.6 is 0 Å². The highest BCUT2D eigenvalue weighted by Crippen LogP contribution is 2.48. The molecule has 2 aliphatic rings. The highest BCUT2D eigenvalue weighted by atomic mass is 16.5. The van der Waals surface area contributed by atoms with E-state index >= 15 is 0 Å². The summed E-state index contributed by atoms with van der Waals surface area (Å²) in [6.07, 6.45) is 7.64. The van der Waals surface area contributed by atoms with E-state index in [0.717, 1.165) is 51.4 Å². The summed E-state index contributed by atoms with van der Waals surface area (Å²) in [6, 6.07) is 0. The van der Waals surface area contributed by atoms with Gasteiger partial charge in [0.25, 0.3) is 0 Å². The lowest BCUT2D eigenvalue weighted by atomic mass is 9.60. The highest BCUT2D eigenvalue weighted by Gasteiger charge is 2.40. The van der Waals surface area contributed by atoms with Gasteiger partial charge in [0.05, 0.1) is 38.6 Å². The van der Waals surface area contributed by atoms with E-state index < -0.39 is 12.2 Å². The van der Waals surface area contributed by atoms with Gasteiger partial charge in [0.15, 0.2) is 0 Å². The first kappa shape index (κ1) is 23.0. The van der Waals surface area contributed by atoms with Gasteiger partial charge in [0, 0.05) is 0 Å². The zero-order valence-electron chi connectivity index (χ0n) is 17.1. The average Bonchev–Trinajstić information content (AvgIpc) is 2.70. The molecule has 0 heterocycles. The number of ether oxygens (including phenoxy) is 2. The second-order valence-electron chi connectivity index (χ2n) is 9.11. The fourth-order valence-electron chi connectivity index (χ4n) is 4.88. The summed E-state index contributed by atoms with van der Waals surface area (Å²) in [6.45, 7) is 4.79. The van der Waals surface area contributed by atoms with Crippen LogP contribution in [0.15, 0.2) is 0 Å². The zero-order chi connectivity index (χ0) is 19.9. The lowest BCUT2D eigenvalue weighted by molar-refractivity contribution is -0.0682. The van der Waals surface area contributed by atoms with Crippen LogP contribution in [-0.2, 0) is 9.47 Å². The largest absolute Gasteiger partial charge is 0.394 e. The Labute approximate surface area is 163 Å². The second kappa shape index (κ2) is 11.1. The van der Waals surface area contributed by atoms with Gasteiger partial charge in [0.2, 0.25) is 0 Å². The molecule has 6 nitrogen and oxygen atoms in total. The lowest BCUT2D eigenvalue weighted by Crippen LogP contribution is -2.39. The first-order valence-electron chi connectivity index (χ1n) is 10.7. The number of aliphatic hydroxyl groups excluding tert-OH is 4. The second-order valence-corrected chi connectivity index (χ2v) is 9.11. The van der Waals surface area contributed by atoms with Crippen LogP contribution < -0.4 is 0 Å². The fourth-order valence-corrected chi connectivity index (χ4v) is 4.88. The van der Waals surface area contributed by atoms with Crippen molar-refractivity contribution in [2.75, 3.05) is 26.4 Å². The molecule has 0 amide bonds. The zero-order valence-corrected chi connectivity index (χ0v) is 17.1. The number of aliphatic hydroxyl groups is 4. The third-order valence-electron chi connectivity index (χ3n) is 6.92. The molecule has 2 atom stereocenters. The van der Waals surface area contributed by atoms with Crippen LogP contribution in [0.25, 0.3) is 0 Å². The van der Waals surface area contributed by atoms with Gasteiger partial charge in [-0.25, -0.2) is 0 Å². The Kier molecular flexibility index (Phi) is 9.45. The number of hydrogen-bond acceptors (Lipinski definition) is 6. The molecule has 0 aromatic carbocycles. The van der Waals surface area contributed by atoms with E-state index in [2.05, 4.69) is 13.8 Å². The molecule has 0 aromatic heterocycles. The minimum absolute atomic E-state index is 0.209. The molecule has 0 aliphatic heterocycles.